The number of alkyl halides is 3. The molecule has 2 N–H and O–H groups in total. The first kappa shape index (κ1) is 12.4. The SMILES string of the molecule is Nc1nccn1Cc1cc(F)cc(C(F)(F)F)c1. The van der Waals surface area contributed by atoms with Crippen molar-refractivity contribution in [2.45, 2.75) is 12.7 Å². The predicted octanol–water partition coefficient (Wildman–Crippen LogP) is 2.67. The molecular weight excluding hydrogens is 250 g/mol. The maximum atomic E-state index is 13.1. The van der Waals surface area contributed by atoms with Crippen molar-refractivity contribution in [2.24, 2.45) is 0 Å². The molecule has 0 unspecified atom stereocenters. The Morgan fingerprint density at radius 1 is 1.22 bits per heavy atom. The van der Waals surface area contributed by atoms with Crippen molar-refractivity contribution in [2.75, 3.05) is 5.73 Å². The quantitative estimate of drug-likeness (QED) is 0.842. The number of nitrogens with two attached hydrogens (primary N) is 1. The molecule has 0 aliphatic rings. The van der Waals surface area contributed by atoms with Crippen molar-refractivity contribution in [3.05, 3.63) is 47.5 Å². The van der Waals surface area contributed by atoms with Gasteiger partial charge in [-0.2, -0.15) is 13.2 Å². The van der Waals surface area contributed by atoms with Crippen molar-refractivity contribution < 1.29 is 17.6 Å². The van der Waals surface area contributed by atoms with E-state index in [9.17, 15) is 17.6 Å². The average Bonchev–Trinajstić information content (AvgIpc) is 2.62. The minimum absolute atomic E-state index is 0.0344. The monoisotopic (exact) mass is 259 g/mol. The summed E-state index contributed by atoms with van der Waals surface area (Å²) < 4.78 is 52.0. The van der Waals surface area contributed by atoms with Crippen LogP contribution in [0.4, 0.5) is 23.5 Å². The van der Waals surface area contributed by atoms with Crippen molar-refractivity contribution in [1.82, 2.24) is 9.55 Å². The van der Waals surface area contributed by atoms with Gasteiger partial charge in [-0.25, -0.2) is 9.37 Å². The van der Waals surface area contributed by atoms with Gasteiger partial charge in [-0.15, -0.1) is 0 Å². The lowest BCUT2D eigenvalue weighted by Crippen LogP contribution is -2.09. The van der Waals surface area contributed by atoms with E-state index < -0.39 is 17.6 Å². The van der Waals surface area contributed by atoms with Crippen molar-refractivity contribution in [1.29, 1.82) is 0 Å². The predicted molar refractivity (Wildman–Crippen MR) is 57.1 cm³/mol. The lowest BCUT2D eigenvalue weighted by molar-refractivity contribution is -0.137. The molecule has 1 aromatic heterocycles. The molecule has 96 valence electrons. The second-order valence-electron chi connectivity index (χ2n) is 3.76. The summed E-state index contributed by atoms with van der Waals surface area (Å²) in [5.41, 5.74) is 4.64. The number of hydrogen-bond acceptors (Lipinski definition) is 2. The van der Waals surface area contributed by atoms with Crippen LogP contribution in [0.3, 0.4) is 0 Å². The number of nitrogens with zero attached hydrogens (tertiary/aromatic N) is 2. The number of rotatable bonds is 2. The lowest BCUT2D eigenvalue weighted by Gasteiger charge is -2.10. The van der Waals surface area contributed by atoms with Gasteiger partial charge < -0.3 is 10.3 Å². The van der Waals surface area contributed by atoms with E-state index >= 15 is 0 Å². The first-order chi connectivity index (χ1) is 8.36. The standard InChI is InChI=1S/C11H9F4N3/c12-9-4-7(3-8(5-9)11(13,14)15)6-18-2-1-17-10(18)16/h1-5H,6H2,(H2,16,17). The van der Waals surface area contributed by atoms with E-state index in [0.717, 1.165) is 12.1 Å². The van der Waals surface area contributed by atoms with Gasteiger partial charge in [-0.3, -0.25) is 0 Å². The maximum Gasteiger partial charge on any atom is 0.416 e. The molecule has 18 heavy (non-hydrogen) atoms. The van der Waals surface area contributed by atoms with Crippen LogP contribution in [0.2, 0.25) is 0 Å². The first-order valence-electron chi connectivity index (χ1n) is 4.99. The molecule has 0 fully saturated rings. The minimum atomic E-state index is -4.57. The minimum Gasteiger partial charge on any atom is -0.369 e. The van der Waals surface area contributed by atoms with Crippen molar-refractivity contribution in [3.63, 3.8) is 0 Å². The zero-order valence-corrected chi connectivity index (χ0v) is 9.08. The fraction of sp³-hybridized carbons (Fsp3) is 0.182. The van der Waals surface area contributed by atoms with Crippen LogP contribution in [0.15, 0.2) is 30.6 Å². The first-order valence-corrected chi connectivity index (χ1v) is 4.99. The summed E-state index contributed by atoms with van der Waals surface area (Å²) >= 11 is 0. The van der Waals surface area contributed by atoms with Gasteiger partial charge >= 0.3 is 6.18 Å². The van der Waals surface area contributed by atoms with Gasteiger partial charge in [-0.1, -0.05) is 0 Å². The Hall–Kier alpha value is -2.05. The molecule has 1 heterocycles. The Bertz CT molecular complexity index is 560. The highest BCUT2D eigenvalue weighted by molar-refractivity contribution is 5.28. The van der Waals surface area contributed by atoms with Crippen LogP contribution >= 0.6 is 0 Å². The second-order valence-corrected chi connectivity index (χ2v) is 3.76. The number of anilines is 1. The summed E-state index contributed by atoms with van der Waals surface area (Å²) in [5.74, 6) is -0.772. The molecule has 0 aliphatic carbocycles. The van der Waals surface area contributed by atoms with E-state index in [1.165, 1.54) is 17.0 Å². The Labute approximate surface area is 99.9 Å². The number of halogens is 4. The van der Waals surface area contributed by atoms with Crippen LogP contribution in [-0.2, 0) is 12.7 Å². The Morgan fingerprint density at radius 3 is 2.50 bits per heavy atom. The van der Waals surface area contributed by atoms with Gasteiger partial charge in [0.1, 0.15) is 5.82 Å². The highest BCUT2D eigenvalue weighted by Gasteiger charge is 2.31. The third-order valence-corrected chi connectivity index (χ3v) is 2.39. The van der Waals surface area contributed by atoms with E-state index in [2.05, 4.69) is 4.98 Å². The Kier molecular flexibility index (Phi) is 2.98. The fourth-order valence-corrected chi connectivity index (χ4v) is 1.58. The topological polar surface area (TPSA) is 43.8 Å². The third-order valence-electron chi connectivity index (χ3n) is 2.39. The number of imidazole rings is 1. The van der Waals surface area contributed by atoms with Crippen molar-refractivity contribution in [3.8, 4) is 0 Å². The van der Waals surface area contributed by atoms with Gasteiger partial charge in [-0.05, 0) is 23.8 Å². The summed E-state index contributed by atoms with van der Waals surface area (Å²) in [6.07, 6.45) is -1.65. The third kappa shape index (κ3) is 2.61. The van der Waals surface area contributed by atoms with Crippen LogP contribution < -0.4 is 5.73 Å². The molecular formula is C11H9F4N3. The summed E-state index contributed by atoms with van der Waals surface area (Å²) in [6.45, 7) is 0.0344. The molecule has 0 aliphatic heterocycles. The van der Waals surface area contributed by atoms with Gasteiger partial charge in [0.15, 0.2) is 5.95 Å². The summed E-state index contributed by atoms with van der Waals surface area (Å²) in [6, 6.07) is 2.39. The smallest absolute Gasteiger partial charge is 0.369 e. The van der Waals surface area contributed by atoms with E-state index in [-0.39, 0.29) is 18.1 Å². The van der Waals surface area contributed by atoms with Crippen LogP contribution in [0, 0.1) is 5.82 Å². The highest BCUT2D eigenvalue weighted by atomic mass is 19.4. The Balaban J connectivity index is 2.35. The van der Waals surface area contributed by atoms with E-state index in [1.54, 1.807) is 0 Å². The molecule has 3 nitrogen and oxygen atoms in total. The number of benzene rings is 1. The molecule has 0 spiro atoms. The van der Waals surface area contributed by atoms with Crippen LogP contribution in [-0.4, -0.2) is 9.55 Å². The normalized spacial score (nSPS) is 11.8. The van der Waals surface area contributed by atoms with Gasteiger partial charge in [0.2, 0.25) is 0 Å². The number of aromatic nitrogens is 2. The van der Waals surface area contributed by atoms with Crippen LogP contribution in [0.5, 0.6) is 0 Å². The van der Waals surface area contributed by atoms with Crippen LogP contribution in [0.25, 0.3) is 0 Å². The van der Waals surface area contributed by atoms with Gasteiger partial charge in [0.25, 0.3) is 0 Å². The molecule has 0 saturated carbocycles. The molecule has 0 radical (unpaired) electrons. The van der Waals surface area contributed by atoms with Crippen molar-refractivity contribution >= 4 is 5.95 Å². The largest absolute Gasteiger partial charge is 0.416 e. The van der Waals surface area contributed by atoms with E-state index in [4.69, 9.17) is 5.73 Å². The molecule has 0 amide bonds. The fourth-order valence-electron chi connectivity index (χ4n) is 1.58. The van der Waals surface area contributed by atoms with Gasteiger partial charge in [0.05, 0.1) is 12.1 Å². The van der Waals surface area contributed by atoms with E-state index in [1.807, 2.05) is 0 Å². The molecule has 0 bridgehead atoms. The summed E-state index contributed by atoms with van der Waals surface area (Å²) in [7, 11) is 0. The molecule has 7 heteroatoms. The zero-order chi connectivity index (χ0) is 13.3. The molecule has 0 saturated heterocycles. The maximum absolute atomic E-state index is 13.1. The van der Waals surface area contributed by atoms with Crippen LogP contribution in [0.1, 0.15) is 11.1 Å². The molecule has 2 aromatic rings. The molecule has 1 aromatic carbocycles. The number of hydrogen-bond donors (Lipinski definition) is 1. The summed E-state index contributed by atoms with van der Waals surface area (Å²) in [4.78, 5) is 3.73. The van der Waals surface area contributed by atoms with Gasteiger partial charge in [0, 0.05) is 12.4 Å². The number of nitrogen functional groups attached to an aromatic ring is 1. The van der Waals surface area contributed by atoms with E-state index in [0.29, 0.717) is 6.07 Å². The Morgan fingerprint density at radius 2 is 1.94 bits per heavy atom. The lowest BCUT2D eigenvalue weighted by atomic mass is 10.1. The highest BCUT2D eigenvalue weighted by Crippen LogP contribution is 2.30. The molecule has 2 rings (SSSR count). The second kappa shape index (κ2) is 4.32. The molecule has 0 atom stereocenters. The average molecular weight is 259 g/mol. The summed E-state index contributed by atoms with van der Waals surface area (Å²) in [5, 5.41) is 0. The zero-order valence-electron chi connectivity index (χ0n) is 9.08.